The van der Waals surface area contributed by atoms with Gasteiger partial charge in [0.25, 0.3) is 5.95 Å². The molecule has 4 rings (SSSR count). The fraction of sp³-hybridized carbons (Fsp3) is 0.294. The predicted molar refractivity (Wildman–Crippen MR) is 90.0 cm³/mol. The van der Waals surface area contributed by atoms with Crippen molar-refractivity contribution < 1.29 is 31.9 Å². The van der Waals surface area contributed by atoms with E-state index < -0.39 is 47.0 Å². The van der Waals surface area contributed by atoms with E-state index in [2.05, 4.69) is 10.3 Å². The third kappa shape index (κ3) is 3.52. The molecule has 1 amide bonds. The maximum absolute atomic E-state index is 14.7. The Balaban J connectivity index is 1.59. The number of allylic oxidation sites excluding steroid dienone is 1. The van der Waals surface area contributed by atoms with Crippen LogP contribution in [0.3, 0.4) is 0 Å². The molecule has 0 bridgehead atoms. The van der Waals surface area contributed by atoms with Crippen molar-refractivity contribution in [2.24, 2.45) is 0 Å². The van der Waals surface area contributed by atoms with E-state index in [1.807, 2.05) is 0 Å². The van der Waals surface area contributed by atoms with Crippen molar-refractivity contribution in [3.63, 3.8) is 0 Å². The molecule has 12 heteroatoms. The number of hydrogen-bond donors (Lipinski definition) is 0. The van der Waals surface area contributed by atoms with Crippen LogP contribution >= 0.6 is 0 Å². The fourth-order valence-corrected chi connectivity index (χ4v) is 3.17. The number of cyclic esters (lactones) is 1. The van der Waals surface area contributed by atoms with Crippen molar-refractivity contribution in [1.82, 2.24) is 15.0 Å². The molecule has 1 atom stereocenters. The molecular weight excluding hydrogens is 398 g/mol. The Bertz CT molecular complexity index is 1020. The summed E-state index contributed by atoms with van der Waals surface area (Å²) in [7, 11) is 0. The first-order valence-electron chi connectivity index (χ1n) is 8.52. The highest BCUT2D eigenvalue weighted by molar-refractivity contribution is 5.92. The Morgan fingerprint density at radius 1 is 1.17 bits per heavy atom. The molecule has 0 saturated carbocycles. The molecule has 1 fully saturated rings. The average molecular weight is 411 g/mol. The Morgan fingerprint density at radius 3 is 2.62 bits per heavy atom. The van der Waals surface area contributed by atoms with Gasteiger partial charge >= 0.3 is 6.09 Å². The topological polar surface area (TPSA) is 80.6 Å². The van der Waals surface area contributed by atoms with E-state index in [-0.39, 0.29) is 31.8 Å². The molecule has 2 aliphatic heterocycles. The van der Waals surface area contributed by atoms with Gasteiger partial charge in [0.2, 0.25) is 0 Å². The molecule has 0 N–H and O–H groups in total. The van der Waals surface area contributed by atoms with Crippen LogP contribution in [0.15, 0.2) is 24.5 Å². The summed E-state index contributed by atoms with van der Waals surface area (Å²) in [5.41, 5.74) is -1.28. The highest BCUT2D eigenvalue weighted by Crippen LogP contribution is 2.35. The predicted octanol–water partition coefficient (Wildman–Crippen LogP) is 2.15. The van der Waals surface area contributed by atoms with E-state index in [1.54, 1.807) is 0 Å². The van der Waals surface area contributed by atoms with E-state index in [4.69, 9.17) is 4.74 Å². The van der Waals surface area contributed by atoms with E-state index in [0.29, 0.717) is 6.07 Å². The van der Waals surface area contributed by atoms with Crippen LogP contribution in [0, 0.1) is 23.4 Å². The van der Waals surface area contributed by atoms with Gasteiger partial charge in [-0.25, -0.2) is 22.6 Å². The number of anilines is 2. The molecule has 0 radical (unpaired) electrons. The zero-order valence-corrected chi connectivity index (χ0v) is 14.7. The van der Waals surface area contributed by atoms with E-state index in [0.717, 1.165) is 26.8 Å². The molecule has 0 unspecified atom stereocenters. The molecule has 152 valence electrons. The highest BCUT2D eigenvalue weighted by atomic mass is 19.2. The van der Waals surface area contributed by atoms with E-state index in [1.165, 1.54) is 6.20 Å². The first-order valence-corrected chi connectivity index (χ1v) is 8.52. The molecule has 1 aromatic heterocycles. The summed E-state index contributed by atoms with van der Waals surface area (Å²) in [6.07, 6.45) is 1.45. The number of ether oxygens (including phenoxy) is 1. The van der Waals surface area contributed by atoms with Gasteiger partial charge in [-0.2, -0.15) is 4.39 Å². The minimum absolute atomic E-state index is 0.00967. The maximum Gasteiger partial charge on any atom is 0.414 e. The van der Waals surface area contributed by atoms with Crippen LogP contribution in [-0.2, 0) is 16.1 Å². The lowest BCUT2D eigenvalue weighted by Crippen LogP contribution is -2.29. The number of aromatic nitrogens is 3. The van der Waals surface area contributed by atoms with Gasteiger partial charge in [0.15, 0.2) is 23.2 Å². The second-order valence-corrected chi connectivity index (χ2v) is 6.46. The lowest BCUT2D eigenvalue weighted by atomic mass is 10.1. The second-order valence-electron chi connectivity index (χ2n) is 6.46. The number of nitrogens with zero attached hydrogens (tertiary/aromatic N) is 5. The van der Waals surface area contributed by atoms with Crippen LogP contribution in [0.2, 0.25) is 0 Å². The number of ketones is 1. The van der Waals surface area contributed by atoms with Crippen molar-refractivity contribution in [2.75, 3.05) is 22.9 Å². The zero-order chi connectivity index (χ0) is 20.7. The van der Waals surface area contributed by atoms with Crippen LogP contribution in [0.25, 0.3) is 0 Å². The Kier molecular flexibility index (Phi) is 4.68. The third-order valence-electron chi connectivity index (χ3n) is 4.51. The molecule has 8 nitrogen and oxygen atoms in total. The number of amides is 1. The monoisotopic (exact) mass is 411 g/mol. The molecule has 0 aliphatic carbocycles. The van der Waals surface area contributed by atoms with Crippen molar-refractivity contribution in [1.29, 1.82) is 0 Å². The standard InChI is InChI=1S/C17H13F4N5O3/c18-11-5-12(14(20)15(21)16(11)24-3-1-9(27)2-4-24)26-7-10(29-17(26)28)6-25-8-13(19)22-23-25/h1,3,5,8,10H,2,4,6-7H2/t10-/m0/s1. The molecule has 29 heavy (non-hydrogen) atoms. The van der Waals surface area contributed by atoms with Crippen molar-refractivity contribution in [2.45, 2.75) is 19.1 Å². The van der Waals surface area contributed by atoms with Gasteiger partial charge in [-0.3, -0.25) is 9.69 Å². The normalized spacial score (nSPS) is 19.2. The summed E-state index contributed by atoms with van der Waals surface area (Å²) in [6.45, 7) is -0.311. The van der Waals surface area contributed by atoms with Gasteiger partial charge in [0.1, 0.15) is 11.8 Å². The number of hydrogen-bond acceptors (Lipinski definition) is 6. The minimum Gasteiger partial charge on any atom is -0.442 e. The molecule has 1 aromatic carbocycles. The van der Waals surface area contributed by atoms with Crippen LogP contribution in [0.1, 0.15) is 6.42 Å². The van der Waals surface area contributed by atoms with Crippen LogP contribution in [-0.4, -0.2) is 46.1 Å². The maximum atomic E-state index is 14.7. The second kappa shape index (κ2) is 7.18. The van der Waals surface area contributed by atoms with E-state index in [9.17, 15) is 27.2 Å². The third-order valence-corrected chi connectivity index (χ3v) is 4.51. The number of halogens is 4. The largest absolute Gasteiger partial charge is 0.442 e. The first-order chi connectivity index (χ1) is 13.8. The first kappa shape index (κ1) is 18.9. The molecule has 1 saturated heterocycles. The molecule has 2 aliphatic rings. The Hall–Kier alpha value is -3.44. The minimum atomic E-state index is -1.49. The number of rotatable bonds is 4. The summed E-state index contributed by atoms with van der Waals surface area (Å²) in [5.74, 6) is -5.07. The van der Waals surface area contributed by atoms with Crippen LogP contribution in [0.5, 0.6) is 0 Å². The lowest BCUT2D eigenvalue weighted by molar-refractivity contribution is -0.114. The van der Waals surface area contributed by atoms with Gasteiger partial charge in [-0.15, -0.1) is 0 Å². The van der Waals surface area contributed by atoms with Crippen molar-refractivity contribution in [3.8, 4) is 0 Å². The van der Waals surface area contributed by atoms with Crippen molar-refractivity contribution >= 4 is 23.3 Å². The number of carbonyl (C=O) groups excluding carboxylic acids is 2. The summed E-state index contributed by atoms with van der Waals surface area (Å²) < 4.78 is 62.9. The van der Waals surface area contributed by atoms with Gasteiger partial charge in [-0.05, 0) is 6.08 Å². The van der Waals surface area contributed by atoms with Crippen LogP contribution in [0.4, 0.5) is 33.7 Å². The smallest absolute Gasteiger partial charge is 0.414 e. The number of carbonyl (C=O) groups is 2. The Labute approximate surface area is 160 Å². The highest BCUT2D eigenvalue weighted by Gasteiger charge is 2.36. The summed E-state index contributed by atoms with van der Waals surface area (Å²) >= 11 is 0. The van der Waals surface area contributed by atoms with Crippen molar-refractivity contribution in [3.05, 3.63) is 47.9 Å². The molecule has 3 heterocycles. The van der Waals surface area contributed by atoms with Gasteiger partial charge < -0.3 is 9.64 Å². The summed E-state index contributed by atoms with van der Waals surface area (Å²) in [5, 5.41) is 6.62. The van der Waals surface area contributed by atoms with Gasteiger partial charge in [0, 0.05) is 25.2 Å². The summed E-state index contributed by atoms with van der Waals surface area (Å²) in [4.78, 5) is 25.2. The molecule has 2 aromatic rings. The van der Waals surface area contributed by atoms with E-state index >= 15 is 0 Å². The lowest BCUT2D eigenvalue weighted by Gasteiger charge is -2.25. The van der Waals surface area contributed by atoms with Crippen LogP contribution < -0.4 is 9.80 Å². The fourth-order valence-electron chi connectivity index (χ4n) is 3.17. The quantitative estimate of drug-likeness (QED) is 0.567. The number of benzene rings is 1. The summed E-state index contributed by atoms with van der Waals surface area (Å²) in [6, 6.07) is 0.691. The van der Waals surface area contributed by atoms with Gasteiger partial charge in [-0.1, -0.05) is 10.3 Å². The van der Waals surface area contributed by atoms with Gasteiger partial charge in [0.05, 0.1) is 25.0 Å². The molecule has 0 spiro atoms. The average Bonchev–Trinajstić information content (AvgIpc) is 3.25. The molecular formula is C17H13F4N5O3. The SMILES string of the molecule is O=C1C=CN(c2c(F)cc(N3C[C@H](Cn4cc(F)nn4)OC3=O)c(F)c2F)CC1. The Morgan fingerprint density at radius 2 is 1.97 bits per heavy atom. The zero-order valence-electron chi connectivity index (χ0n) is 14.7.